The van der Waals surface area contributed by atoms with E-state index in [0.29, 0.717) is 103 Å². The average molecular weight is 2020 g/mol. The molecule has 4 amide bonds. The fourth-order valence-corrected chi connectivity index (χ4v) is 18.6. The van der Waals surface area contributed by atoms with E-state index in [1.54, 1.807) is 7.11 Å². The summed E-state index contributed by atoms with van der Waals surface area (Å²) in [5, 5.41) is 21.5. The molecular formula is C116H170N20O11. The molecule has 1 atom stereocenters. The van der Waals surface area contributed by atoms with E-state index in [9.17, 15) is 33.6 Å². The lowest BCUT2D eigenvalue weighted by Crippen LogP contribution is -2.39. The number of benzene rings is 4. The second-order valence-electron chi connectivity index (χ2n) is 43.0. The molecule has 8 fully saturated rings. The number of hydrogen-bond donors (Lipinski definition) is 7. The summed E-state index contributed by atoms with van der Waals surface area (Å²) in [6.45, 7) is 26.5. The number of aromatic nitrogens is 8. The van der Waals surface area contributed by atoms with Crippen molar-refractivity contribution in [3.8, 4) is 0 Å². The lowest BCUT2D eigenvalue weighted by Gasteiger charge is -2.35. The summed E-state index contributed by atoms with van der Waals surface area (Å²) in [6, 6.07) is 39.8. The lowest BCUT2D eigenvalue weighted by atomic mass is 9.94. The van der Waals surface area contributed by atoms with Gasteiger partial charge >= 0.3 is 17.9 Å². The molecule has 8 aliphatic carbocycles. The van der Waals surface area contributed by atoms with Gasteiger partial charge in [0.1, 0.15) is 77.4 Å². The Morgan fingerprint density at radius 1 is 0.381 bits per heavy atom. The molecule has 31 heteroatoms. The van der Waals surface area contributed by atoms with Crippen LogP contribution in [0.4, 0.5) is 46.0 Å². The van der Waals surface area contributed by atoms with E-state index >= 15 is 0 Å². The quantitative estimate of drug-likeness (QED) is 0.00806. The number of methoxy groups -OCH3 is 2. The first-order valence-electron chi connectivity index (χ1n) is 53.0. The number of ether oxygens (including phenoxy) is 4. The largest absolute Gasteiger partial charge is 0.502 e. The molecule has 8 saturated carbocycles. The number of nitrogens with one attached hydrogen (secondary N) is 7. The maximum absolute atomic E-state index is 13.0. The van der Waals surface area contributed by atoms with E-state index in [4.69, 9.17) is 18.9 Å². The molecule has 147 heavy (non-hydrogen) atoms. The first-order chi connectivity index (χ1) is 69.6. The SMILES string of the molecule is C.C.C.C=C(CCNCc1ccc(NC(=O)c2cc(N(CC3CC3)C3CCCCC3)ncn2)cc1)OC.CC(C)(C)COC(=O)CNCc1ccc(NC(=O)c2cc(N(CC3CC3)C3CCCCC3)ncn2)cc1.CCC(NCc1ccc(NC(=O)c2cc(N(CC3CC3)C3CCCCC3)ncn2)cc1)C(=O)OC.CN(CC(=O)OCC(C)(C)C)Cc1ccc(NC(=O)c2cc(N(CC3CC3)C3CCCCC3)ncn2)cc1. The first-order valence-corrected chi connectivity index (χ1v) is 53.0. The van der Waals surface area contributed by atoms with Gasteiger partial charge in [-0.2, -0.15) is 0 Å². The van der Waals surface area contributed by atoms with Crippen molar-refractivity contribution in [3.63, 3.8) is 0 Å². The van der Waals surface area contributed by atoms with E-state index in [1.807, 2.05) is 182 Å². The first kappa shape index (κ1) is 117. The van der Waals surface area contributed by atoms with Gasteiger partial charge in [0.25, 0.3) is 23.6 Å². The van der Waals surface area contributed by atoms with E-state index in [1.165, 1.54) is 212 Å². The Kier molecular flexibility index (Phi) is 47.2. The molecule has 0 saturated heterocycles. The Labute approximate surface area is 875 Å². The summed E-state index contributed by atoms with van der Waals surface area (Å²) < 4.78 is 20.5. The summed E-state index contributed by atoms with van der Waals surface area (Å²) in [4.78, 5) is 135. The predicted octanol–water partition coefficient (Wildman–Crippen LogP) is 21.4. The molecule has 1 unspecified atom stereocenters. The zero-order chi connectivity index (χ0) is 102. The molecule has 4 aromatic heterocycles. The Hall–Kier alpha value is -11.9. The monoisotopic (exact) mass is 2020 g/mol. The molecule has 8 aliphatic rings. The molecule has 7 N–H and O–H groups in total. The number of carbonyl (C=O) groups is 7. The molecule has 16 rings (SSSR count). The number of nitrogens with zero attached hydrogens (tertiary/aromatic N) is 13. The predicted molar refractivity (Wildman–Crippen MR) is 588 cm³/mol. The molecule has 31 nitrogen and oxygen atoms in total. The molecule has 0 bridgehead atoms. The Morgan fingerprint density at radius 2 is 0.673 bits per heavy atom. The Bertz CT molecular complexity index is 5370. The van der Waals surface area contributed by atoms with Gasteiger partial charge in [0.15, 0.2) is 0 Å². The molecule has 800 valence electrons. The van der Waals surface area contributed by atoms with Crippen LogP contribution in [0.5, 0.6) is 0 Å². The Morgan fingerprint density at radius 3 is 0.959 bits per heavy atom. The van der Waals surface area contributed by atoms with Crippen molar-refractivity contribution in [2.75, 3.05) is 121 Å². The molecule has 4 heterocycles. The molecule has 0 radical (unpaired) electrons. The molecule has 4 aromatic carbocycles. The van der Waals surface area contributed by atoms with Crippen molar-refractivity contribution in [1.82, 2.24) is 60.7 Å². The van der Waals surface area contributed by atoms with Crippen molar-refractivity contribution < 1.29 is 52.5 Å². The number of likely N-dealkylation sites (N-methyl/N-ethyl adjacent to an activating group) is 1. The van der Waals surface area contributed by atoms with Gasteiger partial charge in [-0.15, -0.1) is 0 Å². The van der Waals surface area contributed by atoms with Crippen LogP contribution in [0.15, 0.2) is 159 Å². The van der Waals surface area contributed by atoms with Gasteiger partial charge < -0.3 is 75.8 Å². The minimum absolute atomic E-state index is 0. The lowest BCUT2D eigenvalue weighted by molar-refractivity contribution is -0.147. The average Bonchev–Trinajstić information content (AvgIpc) is 1.67. The highest BCUT2D eigenvalue weighted by molar-refractivity contribution is 6.05. The van der Waals surface area contributed by atoms with E-state index in [2.05, 4.69) is 103 Å². The van der Waals surface area contributed by atoms with Crippen LogP contribution in [0.3, 0.4) is 0 Å². The van der Waals surface area contributed by atoms with E-state index in [-0.39, 0.29) is 93.8 Å². The number of anilines is 8. The highest BCUT2D eigenvalue weighted by Gasteiger charge is 2.36. The zero-order valence-electron chi connectivity index (χ0n) is 87.0. The molecule has 0 aliphatic heterocycles. The van der Waals surface area contributed by atoms with Crippen LogP contribution in [0.1, 0.15) is 328 Å². The van der Waals surface area contributed by atoms with Crippen molar-refractivity contribution in [1.29, 1.82) is 0 Å². The van der Waals surface area contributed by atoms with Crippen LogP contribution in [0.2, 0.25) is 0 Å². The third kappa shape index (κ3) is 40.6. The minimum atomic E-state index is -0.334. The minimum Gasteiger partial charge on any atom is -0.502 e. The number of amides is 4. The summed E-state index contributed by atoms with van der Waals surface area (Å²) in [6.07, 6.45) is 42.8. The van der Waals surface area contributed by atoms with Crippen LogP contribution in [0, 0.1) is 34.5 Å². The van der Waals surface area contributed by atoms with Crippen LogP contribution in [-0.2, 0) is 59.5 Å². The van der Waals surface area contributed by atoms with Gasteiger partial charge in [-0.05, 0) is 221 Å². The van der Waals surface area contributed by atoms with Gasteiger partial charge in [0.2, 0.25) is 0 Å². The number of rotatable bonds is 45. The number of carbonyl (C=O) groups excluding carboxylic acids is 7. The normalized spacial score (nSPS) is 16.1. The molecular weight excluding hydrogens is 1850 g/mol. The fourth-order valence-electron chi connectivity index (χ4n) is 18.6. The number of hydrogen-bond acceptors (Lipinski definition) is 27. The van der Waals surface area contributed by atoms with Gasteiger partial charge in [-0.1, -0.05) is 203 Å². The van der Waals surface area contributed by atoms with Crippen LogP contribution in [-0.4, -0.2) is 197 Å². The third-order valence-electron chi connectivity index (χ3n) is 27.7. The second kappa shape index (κ2) is 59.3. The van der Waals surface area contributed by atoms with Crippen LogP contribution in [0.25, 0.3) is 0 Å². The summed E-state index contributed by atoms with van der Waals surface area (Å²) >= 11 is 0. The van der Waals surface area contributed by atoms with Gasteiger partial charge in [-0.3, -0.25) is 38.5 Å². The molecule has 0 spiro atoms. The second-order valence-corrected chi connectivity index (χ2v) is 43.0. The maximum atomic E-state index is 13.0. The van der Waals surface area contributed by atoms with Crippen molar-refractivity contribution in [2.45, 2.75) is 320 Å². The highest BCUT2D eigenvalue weighted by atomic mass is 16.5. The van der Waals surface area contributed by atoms with E-state index < -0.39 is 0 Å². The smallest absolute Gasteiger partial charge is 0.322 e. The van der Waals surface area contributed by atoms with Crippen molar-refractivity contribution >= 4 is 87.6 Å². The van der Waals surface area contributed by atoms with Crippen molar-refractivity contribution in [2.24, 2.45) is 34.5 Å². The van der Waals surface area contributed by atoms with Crippen molar-refractivity contribution in [3.05, 3.63) is 204 Å². The Balaban J connectivity index is 0.000000199. The third-order valence-corrected chi connectivity index (χ3v) is 27.7. The van der Waals surface area contributed by atoms with Gasteiger partial charge in [0.05, 0.1) is 46.3 Å². The van der Waals surface area contributed by atoms with Gasteiger partial charge in [0, 0.05) is 137 Å². The van der Waals surface area contributed by atoms with Crippen LogP contribution < -0.4 is 56.8 Å². The fraction of sp³-hybridized carbons (Fsp3) is 0.578. The zero-order valence-corrected chi connectivity index (χ0v) is 87.0. The topological polar surface area (TPSA) is 360 Å². The van der Waals surface area contributed by atoms with Gasteiger partial charge in [-0.25, -0.2) is 39.9 Å². The molecule has 8 aromatic rings. The number of esters is 3. The summed E-state index contributed by atoms with van der Waals surface area (Å²) in [5.74, 6) is 5.56. The van der Waals surface area contributed by atoms with Crippen LogP contribution >= 0.6 is 0 Å². The maximum Gasteiger partial charge on any atom is 0.322 e. The summed E-state index contributed by atoms with van der Waals surface area (Å²) in [5.41, 5.74) is 8.50. The highest BCUT2D eigenvalue weighted by Crippen LogP contribution is 2.40. The van der Waals surface area contributed by atoms with E-state index in [0.717, 1.165) is 126 Å². The summed E-state index contributed by atoms with van der Waals surface area (Å²) in [7, 11) is 4.92. The standard InChI is InChI=1S/C30H43N5O3.C29H41N5O3.C27H37N5O3.C27H37N5O2.3CH4/c1-30(2,3)20-38-28(36)19-34(4)17-22-12-14-24(15-13-22)33-29(37)26-16-27(32-21-31-26)35(18-23-10-11-23)25-8-6-5-7-9-25;1-29(2,3)19-37-27(35)17-30-16-21-11-13-23(14-12-21)33-28(36)25-15-26(32-20-31-25)34(18-22-9-10-22)24-7-5-4-6-8-24;1-3-23(27(34)35-2)28-16-19-11-13-21(14-12-19)31-26(33)24-15-25(30-18-29-24)32(17-20-9-10-20)22-7-5-4-6-8-22;1-20(34-2)14-15-28-17-21-10-12-23(13-11-21)31-27(33)25-16-26(30-19-29-25)32(18-22-8-9-22)24-6-4-3-5-7-24;;;/h12-16,21,23,25H,5-11,17-20H2,1-4H3,(H,33,37);11-15,20,22,24,30H,4-10,16-19H2,1-3H3,(H,33,36);11-15,18,20,22-23,28H,3-10,16-17H2,1-2H3,(H,31,33);10-13,16,19,22,24,28H,1,3-9,14-15,17-18H2,2H3,(H,31,33);3*1H4.